The van der Waals surface area contributed by atoms with Crippen LogP contribution in [0.1, 0.15) is 59.1 Å². The predicted molar refractivity (Wildman–Crippen MR) is 160 cm³/mol. The van der Waals surface area contributed by atoms with E-state index in [9.17, 15) is 4.79 Å². The van der Waals surface area contributed by atoms with E-state index in [1.54, 1.807) is 4.90 Å². The van der Waals surface area contributed by atoms with Crippen LogP contribution in [0.3, 0.4) is 0 Å². The summed E-state index contributed by atoms with van der Waals surface area (Å²) in [7, 11) is 0. The third-order valence-electron chi connectivity index (χ3n) is 8.12. The molecule has 10 nitrogen and oxygen atoms in total. The lowest BCUT2D eigenvalue weighted by atomic mass is 10.1. The van der Waals surface area contributed by atoms with Crippen LogP contribution in [0, 0.1) is 5.41 Å². The zero-order valence-electron chi connectivity index (χ0n) is 24.6. The van der Waals surface area contributed by atoms with E-state index in [1.807, 2.05) is 45.3 Å². The number of piperazine rings is 1. The van der Waals surface area contributed by atoms with Crippen molar-refractivity contribution >= 4 is 28.9 Å². The van der Waals surface area contributed by atoms with Crippen molar-refractivity contribution in [2.75, 3.05) is 31.5 Å². The van der Waals surface area contributed by atoms with E-state index in [0.717, 1.165) is 53.2 Å². The molecule has 0 radical (unpaired) electrons. The molecule has 2 fully saturated rings. The average molecular weight is 557 g/mol. The van der Waals surface area contributed by atoms with Crippen LogP contribution in [0.2, 0.25) is 0 Å². The molecule has 6 rings (SSSR count). The minimum absolute atomic E-state index is 0.181. The van der Waals surface area contributed by atoms with Gasteiger partial charge in [-0.3, -0.25) is 9.58 Å². The summed E-state index contributed by atoms with van der Waals surface area (Å²) < 4.78 is 7.60. The van der Waals surface area contributed by atoms with Crippen LogP contribution in [-0.2, 0) is 11.3 Å². The molecule has 0 bridgehead atoms. The van der Waals surface area contributed by atoms with E-state index in [1.165, 1.54) is 12.8 Å². The van der Waals surface area contributed by atoms with Crippen molar-refractivity contribution in [3.05, 3.63) is 54.5 Å². The van der Waals surface area contributed by atoms with Gasteiger partial charge in [0.15, 0.2) is 0 Å². The van der Waals surface area contributed by atoms with Crippen molar-refractivity contribution in [3.8, 4) is 11.1 Å². The van der Waals surface area contributed by atoms with Crippen LogP contribution in [-0.4, -0.2) is 72.4 Å². The van der Waals surface area contributed by atoms with Crippen LogP contribution in [0.25, 0.3) is 22.2 Å². The number of aromatic amines is 1. The lowest BCUT2D eigenvalue weighted by Gasteiger charge is -2.38. The van der Waals surface area contributed by atoms with E-state index in [4.69, 9.17) is 9.72 Å². The fourth-order valence-corrected chi connectivity index (χ4v) is 5.34. The number of H-pyrrole nitrogens is 1. The van der Waals surface area contributed by atoms with E-state index < -0.39 is 5.60 Å². The van der Waals surface area contributed by atoms with Gasteiger partial charge in [0, 0.05) is 56.7 Å². The summed E-state index contributed by atoms with van der Waals surface area (Å²) in [5.74, 6) is 1.38. The molecule has 1 aliphatic heterocycles. The number of hydrogen-bond acceptors (Lipinski definition) is 7. The number of carbonyl (C=O) groups excluding carboxylic acids is 1. The number of nitrogens with one attached hydrogen (secondary N) is 2. The summed E-state index contributed by atoms with van der Waals surface area (Å²) >= 11 is 0. The maximum atomic E-state index is 12.4. The molecule has 4 aromatic rings. The monoisotopic (exact) mass is 556 g/mol. The molecular weight excluding hydrogens is 516 g/mol. The number of nitrogens with zero attached hydrogens (tertiary/aromatic N) is 6. The highest BCUT2D eigenvalue weighted by molar-refractivity contribution is 5.83. The predicted octanol–water partition coefficient (Wildman–Crippen LogP) is 5.98. The Morgan fingerprint density at radius 2 is 1.90 bits per heavy atom. The van der Waals surface area contributed by atoms with Crippen molar-refractivity contribution in [1.29, 1.82) is 0 Å². The molecule has 216 valence electrons. The number of imidazole rings is 1. The summed E-state index contributed by atoms with van der Waals surface area (Å²) in [6.07, 6.45) is 8.22. The fourth-order valence-electron chi connectivity index (χ4n) is 5.34. The van der Waals surface area contributed by atoms with Crippen molar-refractivity contribution < 1.29 is 9.53 Å². The lowest BCUT2D eigenvalue weighted by Crippen LogP contribution is -2.50. The van der Waals surface area contributed by atoms with E-state index in [-0.39, 0.29) is 12.1 Å². The Bertz CT molecular complexity index is 1540. The lowest BCUT2D eigenvalue weighted by molar-refractivity contribution is 0.0110. The first-order chi connectivity index (χ1) is 19.5. The topological polar surface area (TPSA) is 104 Å². The molecule has 1 saturated heterocycles. The maximum absolute atomic E-state index is 12.4. The average Bonchev–Trinajstić information content (AvgIpc) is 3.30. The van der Waals surface area contributed by atoms with Gasteiger partial charge in [0.2, 0.25) is 5.95 Å². The van der Waals surface area contributed by atoms with Crippen molar-refractivity contribution in [1.82, 2.24) is 34.5 Å². The molecule has 1 saturated carbocycles. The van der Waals surface area contributed by atoms with Crippen LogP contribution < -0.4 is 5.32 Å². The van der Waals surface area contributed by atoms with E-state index in [0.29, 0.717) is 24.5 Å². The molecule has 10 heteroatoms. The summed E-state index contributed by atoms with van der Waals surface area (Å²) in [4.78, 5) is 29.3. The molecule has 4 heterocycles. The standard InChI is InChI=1S/C31H40N8O2/c1-21(37-12-14-38(15-13-37)29(40)41-30(2,3)4)22-8-11-32-27(17-22)36-28-34-25-7-6-23(16-26(25)35-28)24-18-33-39(19-24)20-31(5)9-10-31/h6-8,11,16-19,21H,9-10,12-15,20H2,1-5H3,(H2,32,34,35,36). The second-order valence-corrected chi connectivity index (χ2v) is 12.8. The van der Waals surface area contributed by atoms with Gasteiger partial charge in [-0.05, 0) is 81.3 Å². The molecule has 2 N–H and O–H groups in total. The number of carbonyl (C=O) groups is 1. The number of rotatable bonds is 7. The Morgan fingerprint density at radius 1 is 1.12 bits per heavy atom. The SMILES string of the molecule is CC(c1ccnc(Nc2nc3ccc(-c4cnn(CC5(C)CC5)c4)cc3[nH]2)c1)N1CCN(C(=O)OC(C)(C)C)CC1. The third kappa shape index (κ3) is 6.37. The minimum Gasteiger partial charge on any atom is -0.444 e. The Hall–Kier alpha value is -3.92. The van der Waals surface area contributed by atoms with Gasteiger partial charge in [-0.2, -0.15) is 5.10 Å². The number of benzene rings is 1. The normalized spacial score (nSPS) is 17.9. The summed E-state index contributed by atoms with van der Waals surface area (Å²) in [5.41, 5.74) is 5.15. The Morgan fingerprint density at radius 3 is 2.63 bits per heavy atom. The first kappa shape index (κ1) is 27.3. The summed E-state index contributed by atoms with van der Waals surface area (Å²) in [6.45, 7) is 14.0. The first-order valence-electron chi connectivity index (χ1n) is 14.5. The molecule has 3 aromatic heterocycles. The quantitative estimate of drug-likeness (QED) is 0.289. The van der Waals surface area contributed by atoms with Gasteiger partial charge in [-0.1, -0.05) is 13.0 Å². The zero-order chi connectivity index (χ0) is 28.8. The number of pyridine rings is 1. The van der Waals surface area contributed by atoms with Gasteiger partial charge in [-0.25, -0.2) is 14.8 Å². The van der Waals surface area contributed by atoms with Crippen molar-refractivity contribution in [2.24, 2.45) is 5.41 Å². The largest absolute Gasteiger partial charge is 0.444 e. The molecular formula is C31H40N8O2. The second kappa shape index (κ2) is 10.5. The minimum atomic E-state index is -0.484. The molecule has 41 heavy (non-hydrogen) atoms. The van der Waals surface area contributed by atoms with Crippen molar-refractivity contribution in [3.63, 3.8) is 0 Å². The molecule has 2 aliphatic rings. The van der Waals surface area contributed by atoms with Crippen molar-refractivity contribution in [2.45, 2.75) is 65.6 Å². The maximum Gasteiger partial charge on any atom is 0.410 e. The first-order valence-corrected chi connectivity index (χ1v) is 14.5. The van der Waals surface area contributed by atoms with Gasteiger partial charge in [0.05, 0.1) is 17.2 Å². The highest BCUT2D eigenvalue weighted by atomic mass is 16.6. The second-order valence-electron chi connectivity index (χ2n) is 12.8. The molecule has 1 unspecified atom stereocenters. The van der Waals surface area contributed by atoms with E-state index in [2.05, 4.69) is 68.2 Å². The van der Waals surface area contributed by atoms with Gasteiger partial charge in [0.25, 0.3) is 0 Å². The van der Waals surface area contributed by atoms with Gasteiger partial charge in [0.1, 0.15) is 11.4 Å². The van der Waals surface area contributed by atoms with Gasteiger partial charge < -0.3 is 19.9 Å². The Kier molecular flexibility index (Phi) is 6.97. The Labute approximate surface area is 241 Å². The van der Waals surface area contributed by atoms with E-state index >= 15 is 0 Å². The third-order valence-corrected chi connectivity index (χ3v) is 8.12. The van der Waals surface area contributed by atoms with Gasteiger partial charge in [-0.15, -0.1) is 0 Å². The number of hydrogen-bond donors (Lipinski definition) is 2. The highest BCUT2D eigenvalue weighted by Crippen LogP contribution is 2.46. The number of ether oxygens (including phenoxy) is 1. The number of anilines is 2. The summed E-state index contributed by atoms with van der Waals surface area (Å²) in [6, 6.07) is 10.5. The number of aromatic nitrogens is 5. The zero-order valence-corrected chi connectivity index (χ0v) is 24.6. The molecule has 1 amide bonds. The molecule has 0 spiro atoms. The number of amides is 1. The smallest absolute Gasteiger partial charge is 0.410 e. The molecule has 1 aliphatic carbocycles. The van der Waals surface area contributed by atoms with Crippen LogP contribution >= 0.6 is 0 Å². The van der Waals surface area contributed by atoms with Gasteiger partial charge >= 0.3 is 6.09 Å². The Balaban J connectivity index is 1.09. The summed E-state index contributed by atoms with van der Waals surface area (Å²) in [5, 5.41) is 7.93. The van der Waals surface area contributed by atoms with Crippen LogP contribution in [0.4, 0.5) is 16.6 Å². The van der Waals surface area contributed by atoms with Crippen LogP contribution in [0.15, 0.2) is 48.9 Å². The molecule has 1 atom stereocenters. The van der Waals surface area contributed by atoms with Crippen LogP contribution in [0.5, 0.6) is 0 Å². The molecule has 1 aromatic carbocycles. The highest BCUT2D eigenvalue weighted by Gasteiger charge is 2.37. The fraction of sp³-hybridized carbons (Fsp3) is 0.484. The number of fused-ring (bicyclic) bond motifs is 1.